The van der Waals surface area contributed by atoms with E-state index in [1.54, 1.807) is 7.11 Å². The van der Waals surface area contributed by atoms with Gasteiger partial charge in [0.15, 0.2) is 11.5 Å². The van der Waals surface area contributed by atoms with Crippen molar-refractivity contribution in [3.63, 3.8) is 0 Å². The van der Waals surface area contributed by atoms with Gasteiger partial charge in [-0.15, -0.1) is 0 Å². The zero-order valence-electron chi connectivity index (χ0n) is 13.2. The fourth-order valence-corrected chi connectivity index (χ4v) is 3.01. The number of nitrogens with two attached hydrogens (primary N) is 1. The number of aliphatic carboxylic acids is 1. The van der Waals surface area contributed by atoms with Crippen LogP contribution in [0.25, 0.3) is 0 Å². The topological polar surface area (TPSA) is 94.3 Å². The number of methoxy groups -OCH3 is 1. The van der Waals surface area contributed by atoms with Gasteiger partial charge in [-0.05, 0) is 12.5 Å². The standard InChI is InChI=1S/C16H22N2O5/c1-21-12-8-14-13(22-5-2-6-23-14)7-11(12)9-18-4-3-16(17,10-18)15(19)20/h7-8H,2-6,9-10,17H2,1H3,(H,19,20). The molecule has 3 rings (SSSR count). The van der Waals surface area contributed by atoms with Gasteiger partial charge >= 0.3 is 5.97 Å². The highest BCUT2D eigenvalue weighted by atomic mass is 16.5. The third-order valence-electron chi connectivity index (χ3n) is 4.35. The van der Waals surface area contributed by atoms with Crippen LogP contribution in [0.1, 0.15) is 18.4 Å². The van der Waals surface area contributed by atoms with E-state index in [1.807, 2.05) is 17.0 Å². The molecule has 0 aromatic heterocycles. The van der Waals surface area contributed by atoms with Gasteiger partial charge in [0.05, 0.1) is 20.3 Å². The van der Waals surface area contributed by atoms with Crippen molar-refractivity contribution in [3.05, 3.63) is 17.7 Å². The predicted octanol–water partition coefficient (Wildman–Crippen LogP) is 0.844. The van der Waals surface area contributed by atoms with Crippen LogP contribution < -0.4 is 19.9 Å². The van der Waals surface area contributed by atoms with Gasteiger partial charge in [0.2, 0.25) is 0 Å². The van der Waals surface area contributed by atoms with Crippen molar-refractivity contribution in [1.82, 2.24) is 4.90 Å². The van der Waals surface area contributed by atoms with Crippen molar-refractivity contribution in [3.8, 4) is 17.2 Å². The lowest BCUT2D eigenvalue weighted by atomic mass is 10.0. The molecule has 7 nitrogen and oxygen atoms in total. The average Bonchev–Trinajstić information content (AvgIpc) is 2.77. The van der Waals surface area contributed by atoms with E-state index < -0.39 is 11.5 Å². The number of hydrogen-bond donors (Lipinski definition) is 2. The van der Waals surface area contributed by atoms with Crippen molar-refractivity contribution >= 4 is 5.97 Å². The second kappa shape index (κ2) is 6.25. The van der Waals surface area contributed by atoms with Gasteiger partial charge in [0.25, 0.3) is 0 Å². The minimum Gasteiger partial charge on any atom is -0.496 e. The van der Waals surface area contributed by atoms with E-state index in [4.69, 9.17) is 19.9 Å². The number of benzene rings is 1. The molecule has 0 aliphatic carbocycles. The second-order valence-corrected chi connectivity index (χ2v) is 6.08. The lowest BCUT2D eigenvalue weighted by Gasteiger charge is -2.21. The maximum absolute atomic E-state index is 11.3. The van der Waals surface area contributed by atoms with Crippen molar-refractivity contribution in [2.24, 2.45) is 5.73 Å². The van der Waals surface area contributed by atoms with Crippen molar-refractivity contribution in [2.75, 3.05) is 33.4 Å². The van der Waals surface area contributed by atoms with Crippen molar-refractivity contribution in [1.29, 1.82) is 0 Å². The number of hydrogen-bond acceptors (Lipinski definition) is 6. The molecular weight excluding hydrogens is 300 g/mol. The Hall–Kier alpha value is -1.99. The van der Waals surface area contributed by atoms with Gasteiger partial charge in [-0.2, -0.15) is 0 Å². The highest BCUT2D eigenvalue weighted by Gasteiger charge is 2.41. The smallest absolute Gasteiger partial charge is 0.325 e. The summed E-state index contributed by atoms with van der Waals surface area (Å²) >= 11 is 0. The number of carboxylic acids is 1. The number of rotatable bonds is 4. The van der Waals surface area contributed by atoms with E-state index >= 15 is 0 Å². The van der Waals surface area contributed by atoms with Crippen LogP contribution in [0.2, 0.25) is 0 Å². The Balaban J connectivity index is 1.80. The monoisotopic (exact) mass is 322 g/mol. The Kier molecular flexibility index (Phi) is 4.32. The lowest BCUT2D eigenvalue weighted by molar-refractivity contribution is -0.142. The van der Waals surface area contributed by atoms with E-state index in [-0.39, 0.29) is 0 Å². The zero-order chi connectivity index (χ0) is 16.4. The summed E-state index contributed by atoms with van der Waals surface area (Å²) in [4.78, 5) is 13.3. The summed E-state index contributed by atoms with van der Waals surface area (Å²) in [5, 5.41) is 9.23. The van der Waals surface area contributed by atoms with Crippen LogP contribution in [0, 0.1) is 0 Å². The molecule has 126 valence electrons. The minimum absolute atomic E-state index is 0.319. The Morgan fingerprint density at radius 2 is 2.09 bits per heavy atom. The van der Waals surface area contributed by atoms with Crippen LogP contribution >= 0.6 is 0 Å². The van der Waals surface area contributed by atoms with E-state index in [1.165, 1.54) is 0 Å². The van der Waals surface area contributed by atoms with Gasteiger partial charge in [-0.3, -0.25) is 9.69 Å². The number of nitrogens with zero attached hydrogens (tertiary/aromatic N) is 1. The molecule has 1 fully saturated rings. The summed E-state index contributed by atoms with van der Waals surface area (Å²) in [6.45, 7) is 2.76. The van der Waals surface area contributed by atoms with Crippen molar-refractivity contribution < 1.29 is 24.1 Å². The van der Waals surface area contributed by atoms with Gasteiger partial charge in [-0.1, -0.05) is 0 Å². The van der Waals surface area contributed by atoms with Gasteiger partial charge in [0.1, 0.15) is 11.3 Å². The lowest BCUT2D eigenvalue weighted by Crippen LogP contribution is -2.50. The van der Waals surface area contributed by atoms with E-state index in [2.05, 4.69) is 0 Å². The SMILES string of the molecule is COc1cc2c(cc1CN1CCC(N)(C(=O)O)C1)OCCCO2. The quantitative estimate of drug-likeness (QED) is 0.848. The van der Waals surface area contributed by atoms with Crippen LogP contribution in [-0.2, 0) is 11.3 Å². The number of ether oxygens (including phenoxy) is 3. The van der Waals surface area contributed by atoms with Gasteiger partial charge in [-0.25, -0.2) is 0 Å². The molecule has 3 N–H and O–H groups in total. The highest BCUT2D eigenvalue weighted by molar-refractivity contribution is 5.79. The number of carbonyl (C=O) groups is 1. The fourth-order valence-electron chi connectivity index (χ4n) is 3.01. The first kappa shape index (κ1) is 15.9. The van der Waals surface area contributed by atoms with Crippen LogP contribution in [0.15, 0.2) is 12.1 Å². The molecule has 1 atom stereocenters. The molecule has 1 unspecified atom stereocenters. The molecule has 7 heteroatoms. The molecule has 1 saturated heterocycles. The highest BCUT2D eigenvalue weighted by Crippen LogP contribution is 2.37. The van der Waals surface area contributed by atoms with Crippen molar-refractivity contribution in [2.45, 2.75) is 24.9 Å². The fraction of sp³-hybridized carbons (Fsp3) is 0.562. The molecule has 23 heavy (non-hydrogen) atoms. The molecule has 0 saturated carbocycles. The normalized spacial score (nSPS) is 24.3. The number of fused-ring (bicyclic) bond motifs is 1. The van der Waals surface area contributed by atoms with Gasteiger partial charge < -0.3 is 25.1 Å². The maximum Gasteiger partial charge on any atom is 0.325 e. The first-order chi connectivity index (χ1) is 11.0. The summed E-state index contributed by atoms with van der Waals surface area (Å²) in [6, 6.07) is 3.75. The van der Waals surface area contributed by atoms with Crippen LogP contribution in [0.4, 0.5) is 0 Å². The molecule has 0 amide bonds. The molecule has 1 aromatic carbocycles. The van der Waals surface area contributed by atoms with Crippen LogP contribution in [-0.4, -0.2) is 54.9 Å². The second-order valence-electron chi connectivity index (χ2n) is 6.08. The average molecular weight is 322 g/mol. The van der Waals surface area contributed by atoms with E-state index in [0.717, 1.165) is 12.0 Å². The van der Waals surface area contributed by atoms with Crippen LogP contribution in [0.5, 0.6) is 17.2 Å². The predicted molar refractivity (Wildman–Crippen MR) is 83.0 cm³/mol. The van der Waals surface area contributed by atoms with E-state index in [9.17, 15) is 9.90 Å². The summed E-state index contributed by atoms with van der Waals surface area (Å²) in [5.41, 5.74) is 5.70. The Morgan fingerprint density at radius 3 is 2.70 bits per heavy atom. The molecular formula is C16H22N2O5. The molecule has 1 aromatic rings. The maximum atomic E-state index is 11.3. The van der Waals surface area contributed by atoms with Gasteiger partial charge in [0, 0.05) is 37.7 Å². The molecule has 2 aliphatic heterocycles. The third kappa shape index (κ3) is 3.20. The summed E-state index contributed by atoms with van der Waals surface area (Å²) in [7, 11) is 1.61. The Morgan fingerprint density at radius 1 is 1.39 bits per heavy atom. The molecule has 2 heterocycles. The zero-order valence-corrected chi connectivity index (χ0v) is 13.2. The Labute approximate surface area is 134 Å². The third-order valence-corrected chi connectivity index (χ3v) is 4.35. The first-order valence-electron chi connectivity index (χ1n) is 7.73. The molecule has 2 aliphatic rings. The van der Waals surface area contributed by atoms with E-state index in [0.29, 0.717) is 56.5 Å². The number of carboxylic acid groups (broad SMARTS) is 1. The number of likely N-dealkylation sites (tertiary alicyclic amines) is 1. The minimum atomic E-state index is -1.17. The summed E-state index contributed by atoms with van der Waals surface area (Å²) < 4.78 is 16.8. The largest absolute Gasteiger partial charge is 0.496 e. The molecule has 0 radical (unpaired) electrons. The molecule has 0 bridgehead atoms. The first-order valence-corrected chi connectivity index (χ1v) is 7.73. The van der Waals surface area contributed by atoms with Crippen LogP contribution in [0.3, 0.4) is 0 Å². The summed E-state index contributed by atoms with van der Waals surface area (Å²) in [6.07, 6.45) is 1.28. The summed E-state index contributed by atoms with van der Waals surface area (Å²) in [5.74, 6) is 1.14. The molecule has 0 spiro atoms. The Bertz CT molecular complexity index is 606.